The fourth-order valence-electron chi connectivity index (χ4n) is 3.38. The number of nitrogens with zero attached hydrogens (tertiary/aromatic N) is 3. The minimum Gasteiger partial charge on any atom is -0.437 e. The van der Waals surface area contributed by atoms with Crippen molar-refractivity contribution in [1.29, 1.82) is 0 Å². The highest BCUT2D eigenvalue weighted by Gasteiger charge is 2.37. The van der Waals surface area contributed by atoms with E-state index in [-0.39, 0.29) is 11.4 Å². The van der Waals surface area contributed by atoms with Crippen LogP contribution in [-0.2, 0) is 12.6 Å². The van der Waals surface area contributed by atoms with Crippen molar-refractivity contribution in [2.75, 3.05) is 23.8 Å². The largest absolute Gasteiger partial charge is 0.437 e. The highest BCUT2D eigenvalue weighted by Crippen LogP contribution is 2.37. The van der Waals surface area contributed by atoms with Gasteiger partial charge in [-0.15, -0.1) is 0 Å². The number of alkyl halides is 3. The lowest BCUT2D eigenvalue weighted by Gasteiger charge is -2.21. The number of carbonyl (C=O) groups is 1. The third-order valence-corrected chi connectivity index (χ3v) is 5.07. The number of anilines is 2. The van der Waals surface area contributed by atoms with Gasteiger partial charge in [-0.3, -0.25) is 9.78 Å². The molecule has 31 heavy (non-hydrogen) atoms. The molecule has 1 aromatic carbocycles. The number of rotatable bonds is 4. The van der Waals surface area contributed by atoms with E-state index < -0.39 is 17.6 Å². The van der Waals surface area contributed by atoms with Gasteiger partial charge in [-0.1, -0.05) is 0 Å². The maximum Gasteiger partial charge on any atom is 0.417 e. The van der Waals surface area contributed by atoms with Gasteiger partial charge in [0.15, 0.2) is 5.75 Å². The summed E-state index contributed by atoms with van der Waals surface area (Å²) in [5, 5.41) is 2.92. The van der Waals surface area contributed by atoms with Gasteiger partial charge in [-0.25, -0.2) is 4.98 Å². The number of pyridine rings is 2. The van der Waals surface area contributed by atoms with Crippen LogP contribution in [0.5, 0.6) is 11.6 Å². The highest BCUT2D eigenvalue weighted by atomic mass is 19.4. The number of nitrogens with one attached hydrogen (secondary N) is 1. The molecule has 1 N–H and O–H groups in total. The summed E-state index contributed by atoms with van der Waals surface area (Å²) in [5.74, 6) is 0.0506. The van der Waals surface area contributed by atoms with Gasteiger partial charge in [0, 0.05) is 31.5 Å². The van der Waals surface area contributed by atoms with E-state index in [0.717, 1.165) is 11.0 Å². The molecule has 0 spiro atoms. The number of halogens is 3. The Bertz CT molecular complexity index is 1130. The summed E-state index contributed by atoms with van der Waals surface area (Å²) >= 11 is 0. The van der Waals surface area contributed by atoms with Crippen molar-refractivity contribution in [1.82, 2.24) is 9.97 Å². The van der Waals surface area contributed by atoms with E-state index in [9.17, 15) is 18.0 Å². The second kappa shape index (κ2) is 7.90. The molecule has 1 aliphatic heterocycles. The molecular weight excluding hydrogens is 409 g/mol. The molecule has 2 aromatic heterocycles. The van der Waals surface area contributed by atoms with E-state index in [1.165, 1.54) is 19.3 Å². The Hall–Kier alpha value is -3.62. The van der Waals surface area contributed by atoms with Crippen LogP contribution in [-0.4, -0.2) is 29.5 Å². The number of hydrogen-bond donors (Lipinski definition) is 1. The Balaban J connectivity index is 1.59. The average Bonchev–Trinajstić information content (AvgIpc) is 3.21. The molecule has 3 heterocycles. The Morgan fingerprint density at radius 2 is 2.00 bits per heavy atom. The molecule has 0 bridgehead atoms. The number of fused-ring (bicyclic) bond motifs is 1. The van der Waals surface area contributed by atoms with Gasteiger partial charge in [0.25, 0.3) is 5.91 Å². The Morgan fingerprint density at radius 3 is 2.68 bits per heavy atom. The Labute approximate surface area is 176 Å². The zero-order chi connectivity index (χ0) is 22.2. The summed E-state index contributed by atoms with van der Waals surface area (Å²) in [5.41, 5.74) is 0.790. The number of carbonyl (C=O) groups excluding carboxylic acids is 1. The third-order valence-electron chi connectivity index (χ3n) is 5.07. The Morgan fingerprint density at radius 1 is 1.19 bits per heavy atom. The third kappa shape index (κ3) is 4.16. The molecule has 0 fully saturated rings. The van der Waals surface area contributed by atoms with Crippen LogP contribution < -0.4 is 15.0 Å². The van der Waals surface area contributed by atoms with Crippen LogP contribution in [0, 0.1) is 6.92 Å². The van der Waals surface area contributed by atoms with Gasteiger partial charge in [-0.2, -0.15) is 13.2 Å². The van der Waals surface area contributed by atoms with Crippen LogP contribution >= 0.6 is 0 Å². The predicted octanol–water partition coefficient (Wildman–Crippen LogP) is 4.84. The molecular formula is C22H19F3N4O2. The molecule has 3 aromatic rings. The first-order valence-electron chi connectivity index (χ1n) is 9.55. The van der Waals surface area contributed by atoms with E-state index in [0.29, 0.717) is 41.3 Å². The van der Waals surface area contributed by atoms with Crippen molar-refractivity contribution in [3.05, 3.63) is 71.2 Å². The topological polar surface area (TPSA) is 67.3 Å². The number of benzene rings is 1. The van der Waals surface area contributed by atoms with Crippen molar-refractivity contribution in [2.24, 2.45) is 0 Å². The van der Waals surface area contributed by atoms with Crippen molar-refractivity contribution in [2.45, 2.75) is 19.5 Å². The van der Waals surface area contributed by atoms with E-state index in [1.807, 2.05) is 0 Å². The van der Waals surface area contributed by atoms with Crippen LogP contribution in [0.3, 0.4) is 0 Å². The SMILES string of the molecule is Cc1ncccc1Oc1ccc(N(C)C(=O)c2cc3c(cc2C(F)(F)F)NCC3)cn1. The van der Waals surface area contributed by atoms with Gasteiger partial charge < -0.3 is 15.0 Å². The second-order valence-corrected chi connectivity index (χ2v) is 7.14. The molecule has 160 valence electrons. The fraction of sp³-hybridized carbons (Fsp3) is 0.227. The molecule has 4 rings (SSSR count). The highest BCUT2D eigenvalue weighted by molar-refractivity contribution is 6.07. The fourth-order valence-corrected chi connectivity index (χ4v) is 3.38. The van der Waals surface area contributed by atoms with Gasteiger partial charge >= 0.3 is 6.18 Å². The van der Waals surface area contributed by atoms with Crippen LogP contribution in [0.15, 0.2) is 48.8 Å². The van der Waals surface area contributed by atoms with Crippen LogP contribution in [0.4, 0.5) is 24.5 Å². The molecule has 0 radical (unpaired) electrons. The lowest BCUT2D eigenvalue weighted by atomic mass is 10.00. The first-order chi connectivity index (χ1) is 14.7. The average molecular weight is 428 g/mol. The maximum absolute atomic E-state index is 13.6. The van der Waals surface area contributed by atoms with Crippen molar-refractivity contribution >= 4 is 17.3 Å². The second-order valence-electron chi connectivity index (χ2n) is 7.14. The number of aromatic nitrogens is 2. The smallest absolute Gasteiger partial charge is 0.417 e. The van der Waals surface area contributed by atoms with E-state index in [1.54, 1.807) is 37.4 Å². The van der Waals surface area contributed by atoms with Crippen molar-refractivity contribution in [3.63, 3.8) is 0 Å². The number of ether oxygens (including phenoxy) is 1. The predicted molar refractivity (Wildman–Crippen MR) is 110 cm³/mol. The number of aryl methyl sites for hydroxylation is 1. The van der Waals surface area contributed by atoms with Crippen LogP contribution in [0.1, 0.15) is 27.2 Å². The van der Waals surface area contributed by atoms with Crippen molar-refractivity contribution in [3.8, 4) is 11.6 Å². The standard InChI is InChI=1S/C22H19F3N4O2/c1-13-19(4-3-8-26-13)31-20-6-5-15(12-28-20)29(2)21(30)16-10-14-7-9-27-18(14)11-17(16)22(23,24)25/h3-6,8,10-12,27H,7,9H2,1-2H3. The van der Waals surface area contributed by atoms with Crippen LogP contribution in [0.2, 0.25) is 0 Å². The Kier molecular flexibility index (Phi) is 5.26. The molecule has 9 heteroatoms. The molecule has 1 amide bonds. The van der Waals surface area contributed by atoms with E-state index in [2.05, 4.69) is 15.3 Å². The molecule has 0 unspecified atom stereocenters. The molecule has 6 nitrogen and oxygen atoms in total. The molecule has 0 saturated heterocycles. The molecule has 1 aliphatic rings. The zero-order valence-electron chi connectivity index (χ0n) is 16.8. The van der Waals surface area contributed by atoms with E-state index in [4.69, 9.17) is 4.74 Å². The van der Waals surface area contributed by atoms with Gasteiger partial charge in [-0.05, 0) is 49.2 Å². The van der Waals surface area contributed by atoms with Crippen molar-refractivity contribution < 1.29 is 22.7 Å². The summed E-state index contributed by atoms with van der Waals surface area (Å²) in [7, 11) is 1.41. The summed E-state index contributed by atoms with van der Waals surface area (Å²) in [4.78, 5) is 22.4. The minimum atomic E-state index is -4.65. The van der Waals surface area contributed by atoms with Gasteiger partial charge in [0.05, 0.1) is 28.7 Å². The number of amides is 1. The first kappa shape index (κ1) is 20.6. The summed E-state index contributed by atoms with van der Waals surface area (Å²) in [6, 6.07) is 8.92. The summed E-state index contributed by atoms with van der Waals surface area (Å²) in [6.07, 6.45) is -1.06. The molecule has 0 aliphatic carbocycles. The summed E-state index contributed by atoms with van der Waals surface area (Å²) < 4.78 is 46.5. The molecule has 0 saturated carbocycles. The van der Waals surface area contributed by atoms with Crippen LogP contribution in [0.25, 0.3) is 0 Å². The number of hydrogen-bond acceptors (Lipinski definition) is 5. The normalized spacial score (nSPS) is 12.8. The summed E-state index contributed by atoms with van der Waals surface area (Å²) in [6.45, 7) is 2.34. The zero-order valence-corrected chi connectivity index (χ0v) is 16.8. The van der Waals surface area contributed by atoms with E-state index >= 15 is 0 Å². The first-order valence-corrected chi connectivity index (χ1v) is 9.55. The minimum absolute atomic E-state index is 0.278. The van der Waals surface area contributed by atoms with Gasteiger partial charge in [0.1, 0.15) is 0 Å². The van der Waals surface area contributed by atoms with Gasteiger partial charge in [0.2, 0.25) is 5.88 Å². The maximum atomic E-state index is 13.6. The quantitative estimate of drug-likeness (QED) is 0.644. The molecule has 0 atom stereocenters. The lowest BCUT2D eigenvalue weighted by Crippen LogP contribution is -2.29. The monoisotopic (exact) mass is 428 g/mol. The lowest BCUT2D eigenvalue weighted by molar-refractivity contribution is -0.137.